The van der Waals surface area contributed by atoms with E-state index < -0.39 is 26.6 Å². The molecule has 1 saturated heterocycles. The Morgan fingerprint density at radius 2 is 1.84 bits per heavy atom. The van der Waals surface area contributed by atoms with E-state index in [9.17, 15) is 17.6 Å². The lowest BCUT2D eigenvalue weighted by Gasteiger charge is -2.26. The lowest BCUT2D eigenvalue weighted by Crippen LogP contribution is -2.32. The highest BCUT2D eigenvalue weighted by molar-refractivity contribution is 7.99. The van der Waals surface area contributed by atoms with E-state index in [2.05, 4.69) is 10.2 Å². The number of hydrogen-bond donors (Lipinski definition) is 1. The molecule has 0 saturated carbocycles. The van der Waals surface area contributed by atoms with Gasteiger partial charge in [0, 0.05) is 55.5 Å². The topological polar surface area (TPSA) is 69.7 Å². The molecular weight excluding hydrogens is 437 g/mol. The largest absolute Gasteiger partial charge is 0.322 e. The standard InChI is InChI=1S/C22H28FN3O3S2/c1-3-26(4-2)31(28,29)21-15-18(8-9-20(21)23)22(27)24-19-7-5-6-17(14-19)16-25-10-12-30-13-11-25/h5-9,14-15H,3-4,10-13,16H2,1-2H3,(H,24,27). The summed E-state index contributed by atoms with van der Waals surface area (Å²) < 4.78 is 40.9. The Morgan fingerprint density at radius 1 is 1.13 bits per heavy atom. The Labute approximate surface area is 187 Å². The van der Waals surface area contributed by atoms with Gasteiger partial charge in [0.25, 0.3) is 5.91 Å². The summed E-state index contributed by atoms with van der Waals surface area (Å²) >= 11 is 1.96. The van der Waals surface area contributed by atoms with E-state index in [1.165, 1.54) is 6.07 Å². The number of carbonyl (C=O) groups excluding carboxylic acids is 1. The van der Waals surface area contributed by atoms with Gasteiger partial charge in [0.05, 0.1) is 0 Å². The van der Waals surface area contributed by atoms with E-state index in [4.69, 9.17) is 0 Å². The third kappa shape index (κ3) is 5.85. The predicted molar refractivity (Wildman–Crippen MR) is 124 cm³/mol. The molecule has 0 atom stereocenters. The fourth-order valence-corrected chi connectivity index (χ4v) is 6.04. The summed E-state index contributed by atoms with van der Waals surface area (Å²) in [4.78, 5) is 14.7. The molecule has 0 unspecified atom stereocenters. The maximum Gasteiger partial charge on any atom is 0.255 e. The van der Waals surface area contributed by atoms with Crippen LogP contribution in [0.2, 0.25) is 0 Å². The third-order valence-electron chi connectivity index (χ3n) is 5.21. The minimum Gasteiger partial charge on any atom is -0.322 e. The van der Waals surface area contributed by atoms with Crippen LogP contribution in [0.1, 0.15) is 29.8 Å². The number of nitrogens with zero attached hydrogens (tertiary/aromatic N) is 2. The van der Waals surface area contributed by atoms with Crippen molar-refractivity contribution >= 4 is 33.4 Å². The van der Waals surface area contributed by atoms with Gasteiger partial charge in [0.1, 0.15) is 10.7 Å². The second kappa shape index (κ2) is 10.6. The van der Waals surface area contributed by atoms with Crippen LogP contribution in [0, 0.1) is 5.82 Å². The molecule has 2 aromatic carbocycles. The monoisotopic (exact) mass is 465 g/mol. The molecule has 1 N–H and O–H groups in total. The quantitative estimate of drug-likeness (QED) is 0.644. The first-order chi connectivity index (χ1) is 14.8. The van der Waals surface area contributed by atoms with Gasteiger partial charge in [-0.15, -0.1) is 0 Å². The highest BCUT2D eigenvalue weighted by Gasteiger charge is 2.26. The average molecular weight is 466 g/mol. The number of anilines is 1. The molecule has 1 amide bonds. The summed E-state index contributed by atoms with van der Waals surface area (Å²) in [5, 5.41) is 2.80. The summed E-state index contributed by atoms with van der Waals surface area (Å²) in [6, 6.07) is 11.0. The molecular formula is C22H28FN3O3S2. The van der Waals surface area contributed by atoms with Gasteiger partial charge in [0.2, 0.25) is 10.0 Å². The van der Waals surface area contributed by atoms with Gasteiger partial charge >= 0.3 is 0 Å². The minimum atomic E-state index is -4.01. The number of thioether (sulfide) groups is 1. The smallest absolute Gasteiger partial charge is 0.255 e. The molecule has 0 aromatic heterocycles. The van der Waals surface area contributed by atoms with Gasteiger partial charge in [0.15, 0.2) is 0 Å². The molecule has 0 aliphatic carbocycles. The molecule has 0 radical (unpaired) electrons. The summed E-state index contributed by atoms with van der Waals surface area (Å²) in [7, 11) is -4.01. The van der Waals surface area contributed by atoms with Crippen molar-refractivity contribution < 1.29 is 17.6 Å². The van der Waals surface area contributed by atoms with E-state index >= 15 is 0 Å². The molecule has 168 valence electrons. The maximum atomic E-state index is 14.3. The third-order valence-corrected chi connectivity index (χ3v) is 8.22. The summed E-state index contributed by atoms with van der Waals surface area (Å²) in [6.45, 7) is 6.71. The zero-order chi connectivity index (χ0) is 22.4. The van der Waals surface area contributed by atoms with E-state index in [1.807, 2.05) is 30.0 Å². The summed E-state index contributed by atoms with van der Waals surface area (Å²) in [6.07, 6.45) is 0. The Kier molecular flexibility index (Phi) is 8.10. The maximum absolute atomic E-state index is 14.3. The summed E-state index contributed by atoms with van der Waals surface area (Å²) in [5.41, 5.74) is 1.80. The van der Waals surface area contributed by atoms with Crippen LogP contribution in [0.25, 0.3) is 0 Å². The lowest BCUT2D eigenvalue weighted by atomic mass is 10.1. The number of carbonyl (C=O) groups is 1. The molecule has 1 heterocycles. The second-order valence-corrected chi connectivity index (χ2v) is 10.4. The van der Waals surface area contributed by atoms with Crippen molar-refractivity contribution in [1.82, 2.24) is 9.21 Å². The molecule has 1 aliphatic heterocycles. The van der Waals surface area contributed by atoms with Gasteiger partial charge in [-0.3, -0.25) is 9.69 Å². The molecule has 0 spiro atoms. The van der Waals surface area contributed by atoms with Crippen LogP contribution in [0.3, 0.4) is 0 Å². The number of halogens is 1. The fraction of sp³-hybridized carbons (Fsp3) is 0.409. The first-order valence-electron chi connectivity index (χ1n) is 10.3. The first-order valence-corrected chi connectivity index (χ1v) is 12.9. The SMILES string of the molecule is CCN(CC)S(=O)(=O)c1cc(C(=O)Nc2cccc(CN3CCSCC3)c2)ccc1F. The highest BCUT2D eigenvalue weighted by Crippen LogP contribution is 2.22. The number of benzene rings is 2. The van der Waals surface area contributed by atoms with Crippen LogP contribution in [-0.2, 0) is 16.6 Å². The van der Waals surface area contributed by atoms with Crippen LogP contribution in [0.4, 0.5) is 10.1 Å². The number of sulfonamides is 1. The molecule has 9 heteroatoms. The molecule has 1 aliphatic rings. The van der Waals surface area contributed by atoms with Gasteiger partial charge in [-0.05, 0) is 35.9 Å². The normalized spacial score (nSPS) is 15.2. The van der Waals surface area contributed by atoms with Crippen LogP contribution >= 0.6 is 11.8 Å². The van der Waals surface area contributed by atoms with Crippen molar-refractivity contribution in [3.8, 4) is 0 Å². The zero-order valence-corrected chi connectivity index (χ0v) is 19.4. The fourth-order valence-electron chi connectivity index (χ4n) is 3.51. The van der Waals surface area contributed by atoms with Crippen molar-refractivity contribution in [2.24, 2.45) is 0 Å². The van der Waals surface area contributed by atoms with Crippen LogP contribution in [-0.4, -0.2) is 61.2 Å². The Balaban J connectivity index is 1.77. The van der Waals surface area contributed by atoms with Crippen molar-refractivity contribution in [3.63, 3.8) is 0 Å². The number of nitrogens with one attached hydrogen (secondary N) is 1. The Bertz CT molecular complexity index is 1020. The number of hydrogen-bond acceptors (Lipinski definition) is 5. The highest BCUT2D eigenvalue weighted by atomic mass is 32.2. The average Bonchev–Trinajstić information content (AvgIpc) is 2.75. The molecule has 3 rings (SSSR count). The van der Waals surface area contributed by atoms with E-state index in [1.54, 1.807) is 19.9 Å². The van der Waals surface area contributed by atoms with Gasteiger partial charge in [-0.25, -0.2) is 12.8 Å². The Morgan fingerprint density at radius 3 is 2.52 bits per heavy atom. The van der Waals surface area contributed by atoms with E-state index in [0.29, 0.717) is 5.69 Å². The molecule has 2 aromatic rings. The first kappa shape index (κ1) is 23.7. The van der Waals surface area contributed by atoms with Crippen molar-refractivity contribution in [3.05, 3.63) is 59.4 Å². The summed E-state index contributed by atoms with van der Waals surface area (Å²) in [5.74, 6) is 0.895. The van der Waals surface area contributed by atoms with E-state index in [0.717, 1.165) is 53.1 Å². The van der Waals surface area contributed by atoms with Crippen molar-refractivity contribution in [1.29, 1.82) is 0 Å². The van der Waals surface area contributed by atoms with Gasteiger partial charge in [-0.1, -0.05) is 26.0 Å². The van der Waals surface area contributed by atoms with Crippen LogP contribution in [0.15, 0.2) is 47.4 Å². The zero-order valence-electron chi connectivity index (χ0n) is 17.8. The van der Waals surface area contributed by atoms with Crippen molar-refractivity contribution in [2.45, 2.75) is 25.3 Å². The molecule has 6 nitrogen and oxygen atoms in total. The van der Waals surface area contributed by atoms with E-state index in [-0.39, 0.29) is 18.7 Å². The number of amides is 1. The number of rotatable bonds is 8. The minimum absolute atomic E-state index is 0.0885. The van der Waals surface area contributed by atoms with Gasteiger partial charge < -0.3 is 5.32 Å². The predicted octanol–water partition coefficient (Wildman–Crippen LogP) is 3.66. The molecule has 31 heavy (non-hydrogen) atoms. The van der Waals surface area contributed by atoms with Crippen LogP contribution in [0.5, 0.6) is 0 Å². The van der Waals surface area contributed by atoms with Crippen molar-refractivity contribution in [2.75, 3.05) is 43.0 Å². The second-order valence-electron chi connectivity index (χ2n) is 7.28. The molecule has 1 fully saturated rings. The van der Waals surface area contributed by atoms with Gasteiger partial charge in [-0.2, -0.15) is 16.1 Å². The van der Waals surface area contributed by atoms with Crippen LogP contribution < -0.4 is 5.32 Å². The lowest BCUT2D eigenvalue weighted by molar-refractivity contribution is 0.102. The molecule has 0 bridgehead atoms. The Hall–Kier alpha value is -1.94.